The van der Waals surface area contributed by atoms with E-state index >= 15 is 0 Å². The first-order chi connectivity index (χ1) is 20.7. The number of benzene rings is 2. The van der Waals surface area contributed by atoms with Crippen LogP contribution in [-0.4, -0.2) is 40.2 Å². The van der Waals surface area contributed by atoms with E-state index in [2.05, 4.69) is 27.8 Å². The molecule has 0 fully saturated rings. The summed E-state index contributed by atoms with van der Waals surface area (Å²) in [7, 11) is 0. The highest BCUT2D eigenvalue weighted by molar-refractivity contribution is 5.91. The van der Waals surface area contributed by atoms with Gasteiger partial charge in [-0.2, -0.15) is 0 Å². The van der Waals surface area contributed by atoms with Crippen molar-refractivity contribution < 1.29 is 33.3 Å². The molecule has 10 nitrogen and oxygen atoms in total. The Hall–Kier alpha value is -4.60. The summed E-state index contributed by atoms with van der Waals surface area (Å²) in [6.07, 6.45) is 2.46. The molecule has 1 unspecified atom stereocenters. The van der Waals surface area contributed by atoms with Crippen molar-refractivity contribution in [2.75, 3.05) is 5.32 Å². The molecule has 44 heavy (non-hydrogen) atoms. The highest BCUT2D eigenvalue weighted by Crippen LogP contribution is 2.37. The van der Waals surface area contributed by atoms with Crippen LogP contribution in [0.2, 0.25) is 0 Å². The number of carbonyl (C=O) groups is 3. The molecule has 0 spiro atoms. The van der Waals surface area contributed by atoms with Gasteiger partial charge in [0.1, 0.15) is 34.8 Å². The molecule has 1 aliphatic heterocycles. The minimum Gasteiger partial charge on any atom is -0.485 e. The Kier molecular flexibility index (Phi) is 10.1. The van der Waals surface area contributed by atoms with Crippen LogP contribution in [0.3, 0.4) is 0 Å². The van der Waals surface area contributed by atoms with Crippen LogP contribution >= 0.6 is 0 Å². The van der Waals surface area contributed by atoms with Crippen molar-refractivity contribution in [3.8, 4) is 17.4 Å². The Morgan fingerprint density at radius 1 is 0.955 bits per heavy atom. The highest BCUT2D eigenvalue weighted by Gasteiger charge is 2.29. The van der Waals surface area contributed by atoms with Gasteiger partial charge in [-0.1, -0.05) is 30.3 Å². The van der Waals surface area contributed by atoms with E-state index in [9.17, 15) is 14.4 Å². The van der Waals surface area contributed by atoms with Crippen LogP contribution in [0.4, 0.5) is 10.5 Å². The third-order valence-electron chi connectivity index (χ3n) is 6.43. The van der Waals surface area contributed by atoms with Crippen molar-refractivity contribution in [2.45, 2.75) is 90.6 Å². The van der Waals surface area contributed by atoms with Gasteiger partial charge in [-0.25, -0.2) is 14.6 Å². The number of rotatable bonds is 9. The van der Waals surface area contributed by atoms with Crippen LogP contribution in [0.5, 0.6) is 17.4 Å². The number of anilines is 1. The molecule has 0 radical (unpaired) electrons. The molecule has 0 saturated heterocycles. The molecule has 0 saturated carbocycles. The number of hydrogen-bond acceptors (Lipinski definition) is 8. The van der Waals surface area contributed by atoms with Gasteiger partial charge in [0.2, 0.25) is 11.8 Å². The summed E-state index contributed by atoms with van der Waals surface area (Å²) in [5, 5.41) is 5.28. The van der Waals surface area contributed by atoms with E-state index in [1.54, 1.807) is 53.7 Å². The Bertz CT molecular complexity index is 1440. The van der Waals surface area contributed by atoms with Crippen LogP contribution in [-0.2, 0) is 25.5 Å². The van der Waals surface area contributed by atoms with Crippen LogP contribution in [0, 0.1) is 0 Å². The van der Waals surface area contributed by atoms with Gasteiger partial charge in [-0.3, -0.25) is 4.79 Å². The third-order valence-corrected chi connectivity index (χ3v) is 6.43. The second-order valence-corrected chi connectivity index (χ2v) is 12.6. The maximum Gasteiger partial charge on any atom is 0.408 e. The second kappa shape index (κ2) is 13.8. The molecule has 234 valence electrons. The predicted molar refractivity (Wildman–Crippen MR) is 166 cm³/mol. The van der Waals surface area contributed by atoms with E-state index in [1.807, 2.05) is 36.4 Å². The molecule has 1 aliphatic rings. The first-order valence-corrected chi connectivity index (χ1v) is 14.7. The predicted octanol–water partition coefficient (Wildman–Crippen LogP) is 6.89. The summed E-state index contributed by atoms with van der Waals surface area (Å²) in [6, 6.07) is 18.2. The Balaban J connectivity index is 1.30. The number of aromatic nitrogens is 1. The molecular formula is C34H41N3O7. The monoisotopic (exact) mass is 603 g/mol. The van der Waals surface area contributed by atoms with Gasteiger partial charge in [0, 0.05) is 12.5 Å². The zero-order valence-electron chi connectivity index (χ0n) is 26.1. The van der Waals surface area contributed by atoms with E-state index in [1.165, 1.54) is 6.20 Å². The van der Waals surface area contributed by atoms with Crippen molar-refractivity contribution in [3.63, 3.8) is 0 Å². The van der Waals surface area contributed by atoms with E-state index in [0.29, 0.717) is 17.3 Å². The third kappa shape index (κ3) is 10.00. The summed E-state index contributed by atoms with van der Waals surface area (Å²) in [6.45, 7) is 10.3. The summed E-state index contributed by atoms with van der Waals surface area (Å²) in [5.74, 6) is 0.847. The average molecular weight is 604 g/mol. The van der Waals surface area contributed by atoms with Crippen molar-refractivity contribution in [3.05, 3.63) is 78.0 Å². The van der Waals surface area contributed by atoms with Crippen molar-refractivity contribution in [2.24, 2.45) is 0 Å². The van der Waals surface area contributed by atoms with Gasteiger partial charge in [-0.05, 0) is 96.2 Å². The topological polar surface area (TPSA) is 125 Å². The maximum absolute atomic E-state index is 12.7. The van der Waals surface area contributed by atoms with Gasteiger partial charge in [-0.15, -0.1) is 0 Å². The Labute approximate surface area is 258 Å². The lowest BCUT2D eigenvalue weighted by molar-refractivity contribution is -0.157. The number of carbonyl (C=O) groups excluding carboxylic acids is 3. The van der Waals surface area contributed by atoms with E-state index in [4.69, 9.17) is 18.9 Å². The van der Waals surface area contributed by atoms with Gasteiger partial charge >= 0.3 is 12.1 Å². The van der Waals surface area contributed by atoms with E-state index < -0.39 is 29.3 Å². The number of alkyl carbamates (subject to hydrolysis) is 1. The lowest BCUT2D eigenvalue weighted by Gasteiger charge is -2.26. The molecule has 4 rings (SSSR count). The number of esters is 1. The Morgan fingerprint density at radius 2 is 1.68 bits per heavy atom. The summed E-state index contributed by atoms with van der Waals surface area (Å²) in [5.41, 5.74) is 1.19. The molecule has 1 aromatic heterocycles. The fourth-order valence-corrected chi connectivity index (χ4v) is 4.54. The molecule has 2 aromatic carbocycles. The van der Waals surface area contributed by atoms with Gasteiger partial charge in [0.25, 0.3) is 0 Å². The van der Waals surface area contributed by atoms with Crippen molar-refractivity contribution >= 4 is 23.7 Å². The van der Waals surface area contributed by atoms with Crippen LogP contribution < -0.4 is 20.1 Å². The molecular weight excluding hydrogens is 562 g/mol. The standard InChI is InChI=1S/C34H41N3O7/c1-33(2,3)43-31(39)26(37-32(40)44-34(4,5)6)15-18-29(38)36-24-13-19-30(35-21-24)41-25-14-17-28-23(20-25)12-16-27(42-28)22-10-8-7-9-11-22/h7-11,13-14,17,19-21,26-27H,12,15-16,18H2,1-6H3,(H,36,38)(H,37,40)/t26?,27-/m0/s1. The zero-order valence-corrected chi connectivity index (χ0v) is 26.1. The highest BCUT2D eigenvalue weighted by atomic mass is 16.6. The summed E-state index contributed by atoms with van der Waals surface area (Å²) in [4.78, 5) is 42.0. The largest absolute Gasteiger partial charge is 0.485 e. The molecule has 2 N–H and O–H groups in total. The average Bonchev–Trinajstić information content (AvgIpc) is 2.94. The zero-order chi connectivity index (χ0) is 31.9. The first-order valence-electron chi connectivity index (χ1n) is 14.7. The normalized spacial score (nSPS) is 15.2. The minimum absolute atomic E-state index is 0.0166. The number of nitrogens with zero attached hydrogens (tertiary/aromatic N) is 1. The molecule has 0 bridgehead atoms. The molecule has 2 atom stereocenters. The number of aryl methyl sites for hydroxylation is 1. The van der Waals surface area contributed by atoms with Gasteiger partial charge in [0.05, 0.1) is 11.9 Å². The van der Waals surface area contributed by atoms with Gasteiger partial charge < -0.3 is 29.6 Å². The smallest absolute Gasteiger partial charge is 0.408 e. The lowest BCUT2D eigenvalue weighted by atomic mass is 9.97. The van der Waals surface area contributed by atoms with E-state index in [-0.39, 0.29) is 24.9 Å². The SMILES string of the molecule is CC(C)(C)OC(=O)NC(CCC(=O)Nc1ccc(Oc2ccc3c(c2)CC[C@@H](c2ccccc2)O3)nc1)C(=O)OC(C)(C)C. The van der Waals surface area contributed by atoms with Crippen molar-refractivity contribution in [1.29, 1.82) is 0 Å². The van der Waals surface area contributed by atoms with Crippen molar-refractivity contribution in [1.82, 2.24) is 10.3 Å². The fourth-order valence-electron chi connectivity index (χ4n) is 4.54. The number of hydrogen-bond donors (Lipinski definition) is 2. The molecule has 10 heteroatoms. The van der Waals surface area contributed by atoms with Crippen LogP contribution in [0.15, 0.2) is 66.9 Å². The number of nitrogens with one attached hydrogen (secondary N) is 2. The Morgan fingerprint density at radius 3 is 2.34 bits per heavy atom. The number of amides is 2. The first kappa shape index (κ1) is 32.3. The summed E-state index contributed by atoms with van der Waals surface area (Å²) < 4.78 is 22.9. The number of ether oxygens (including phenoxy) is 4. The minimum atomic E-state index is -1.06. The maximum atomic E-state index is 12.7. The van der Waals surface area contributed by atoms with E-state index in [0.717, 1.165) is 29.7 Å². The fraction of sp³-hybridized carbons (Fsp3) is 0.412. The molecule has 0 aliphatic carbocycles. The van der Waals surface area contributed by atoms with Crippen LogP contribution in [0.25, 0.3) is 0 Å². The van der Waals surface area contributed by atoms with Crippen LogP contribution in [0.1, 0.15) is 78.0 Å². The number of pyridine rings is 1. The molecule has 3 aromatic rings. The second-order valence-electron chi connectivity index (χ2n) is 12.6. The van der Waals surface area contributed by atoms with Gasteiger partial charge in [0.15, 0.2) is 0 Å². The summed E-state index contributed by atoms with van der Waals surface area (Å²) >= 11 is 0. The molecule has 2 heterocycles. The quantitative estimate of drug-likeness (QED) is 0.253. The lowest BCUT2D eigenvalue weighted by Crippen LogP contribution is -2.46. The number of fused-ring (bicyclic) bond motifs is 1. The molecule has 2 amide bonds.